The van der Waals surface area contributed by atoms with E-state index in [4.69, 9.17) is 0 Å². The van der Waals surface area contributed by atoms with Gasteiger partial charge in [0, 0.05) is 38.3 Å². The van der Waals surface area contributed by atoms with E-state index in [2.05, 4.69) is 24.1 Å². The van der Waals surface area contributed by atoms with Crippen molar-refractivity contribution >= 4 is 17.5 Å². The molecule has 0 atom stereocenters. The Labute approximate surface area is 162 Å². The Morgan fingerprint density at radius 1 is 0.926 bits per heavy atom. The minimum absolute atomic E-state index is 0.00856. The lowest BCUT2D eigenvalue weighted by molar-refractivity contribution is -0.128. The molecule has 0 radical (unpaired) electrons. The van der Waals surface area contributed by atoms with Gasteiger partial charge in [-0.05, 0) is 48.5 Å². The summed E-state index contributed by atoms with van der Waals surface area (Å²) in [7, 11) is 1.76. The number of hydrogen-bond donors (Lipinski definition) is 1. The van der Waals surface area contributed by atoms with Crippen molar-refractivity contribution in [1.29, 1.82) is 0 Å². The molecule has 5 nitrogen and oxygen atoms in total. The van der Waals surface area contributed by atoms with Crippen molar-refractivity contribution in [2.24, 2.45) is 0 Å². The zero-order chi connectivity index (χ0) is 19.8. The molecule has 1 N–H and O–H groups in total. The molecule has 0 heterocycles. The molecule has 2 aromatic carbocycles. The highest BCUT2D eigenvalue weighted by Gasteiger charge is 2.09. The van der Waals surface area contributed by atoms with Crippen molar-refractivity contribution in [1.82, 2.24) is 9.80 Å². The highest BCUT2D eigenvalue weighted by Crippen LogP contribution is 2.15. The number of carbonyl (C=O) groups is 2. The lowest BCUT2D eigenvalue weighted by Crippen LogP contribution is -2.23. The molecule has 27 heavy (non-hydrogen) atoms. The molecule has 0 aliphatic carbocycles. The van der Waals surface area contributed by atoms with Crippen LogP contribution in [0.4, 0.5) is 5.69 Å². The second-order valence-electron chi connectivity index (χ2n) is 6.69. The first kappa shape index (κ1) is 20.6. The fourth-order valence-corrected chi connectivity index (χ4v) is 2.80. The van der Waals surface area contributed by atoms with E-state index in [1.165, 1.54) is 12.5 Å². The number of anilines is 1. The molecular formula is C22H29N3O2. The number of amides is 2. The number of nitrogens with zero attached hydrogens (tertiary/aromatic N) is 2. The first-order valence-corrected chi connectivity index (χ1v) is 9.36. The van der Waals surface area contributed by atoms with Crippen LogP contribution in [0.3, 0.4) is 0 Å². The van der Waals surface area contributed by atoms with Gasteiger partial charge in [0.1, 0.15) is 0 Å². The van der Waals surface area contributed by atoms with Gasteiger partial charge in [-0.2, -0.15) is 0 Å². The van der Waals surface area contributed by atoms with Crippen LogP contribution in [0.15, 0.2) is 48.5 Å². The molecule has 2 amide bonds. The van der Waals surface area contributed by atoms with E-state index in [0.29, 0.717) is 12.1 Å². The Hall–Kier alpha value is -2.66. The molecule has 0 aliphatic heterocycles. The van der Waals surface area contributed by atoms with Gasteiger partial charge in [0.2, 0.25) is 5.91 Å². The summed E-state index contributed by atoms with van der Waals surface area (Å²) in [4.78, 5) is 27.9. The molecule has 0 unspecified atom stereocenters. The zero-order valence-corrected chi connectivity index (χ0v) is 16.7. The second-order valence-corrected chi connectivity index (χ2v) is 6.69. The fourth-order valence-electron chi connectivity index (χ4n) is 2.80. The van der Waals surface area contributed by atoms with Gasteiger partial charge in [-0.25, -0.2) is 0 Å². The highest BCUT2D eigenvalue weighted by molar-refractivity contribution is 6.04. The van der Waals surface area contributed by atoms with Gasteiger partial charge in [0.05, 0.1) is 0 Å². The van der Waals surface area contributed by atoms with Gasteiger partial charge in [0.25, 0.3) is 5.91 Å². The largest absolute Gasteiger partial charge is 0.342 e. The topological polar surface area (TPSA) is 52.7 Å². The second kappa shape index (κ2) is 9.88. The lowest BCUT2D eigenvalue weighted by atomic mass is 10.1. The van der Waals surface area contributed by atoms with Crippen LogP contribution in [0.5, 0.6) is 0 Å². The van der Waals surface area contributed by atoms with Crippen molar-refractivity contribution in [3.63, 3.8) is 0 Å². The third kappa shape index (κ3) is 6.22. The van der Waals surface area contributed by atoms with Crippen LogP contribution in [-0.4, -0.2) is 41.8 Å². The van der Waals surface area contributed by atoms with Crippen LogP contribution in [0.25, 0.3) is 0 Å². The third-order valence-electron chi connectivity index (χ3n) is 4.66. The van der Waals surface area contributed by atoms with E-state index in [9.17, 15) is 9.59 Å². The SMILES string of the molecule is CCN(CC)Cc1ccc(C(=O)Nc2cccc(CN(C)C(C)=O)c2)cc1. The number of benzene rings is 2. The van der Waals surface area contributed by atoms with Gasteiger partial charge in [-0.3, -0.25) is 14.5 Å². The Bertz CT molecular complexity index is 767. The maximum absolute atomic E-state index is 12.5. The van der Waals surface area contributed by atoms with Crippen molar-refractivity contribution < 1.29 is 9.59 Å². The Balaban J connectivity index is 2.01. The summed E-state index contributed by atoms with van der Waals surface area (Å²) in [6.45, 7) is 9.25. The average Bonchev–Trinajstić information content (AvgIpc) is 2.66. The van der Waals surface area contributed by atoms with Crippen LogP contribution in [-0.2, 0) is 17.9 Å². The summed E-state index contributed by atoms with van der Waals surface area (Å²) in [5, 5.41) is 2.93. The smallest absolute Gasteiger partial charge is 0.255 e. The van der Waals surface area contributed by atoms with Crippen LogP contribution < -0.4 is 5.32 Å². The molecule has 0 saturated heterocycles. The average molecular weight is 367 g/mol. The van der Waals surface area contributed by atoms with Gasteiger partial charge in [0.15, 0.2) is 0 Å². The molecule has 2 rings (SSSR count). The number of rotatable bonds is 8. The number of carbonyl (C=O) groups excluding carboxylic acids is 2. The van der Waals surface area contributed by atoms with Crippen molar-refractivity contribution in [3.8, 4) is 0 Å². The summed E-state index contributed by atoms with van der Waals surface area (Å²) in [6, 6.07) is 15.3. The van der Waals surface area contributed by atoms with E-state index >= 15 is 0 Å². The maximum Gasteiger partial charge on any atom is 0.255 e. The van der Waals surface area contributed by atoms with Crippen molar-refractivity contribution in [2.75, 3.05) is 25.5 Å². The molecule has 2 aromatic rings. The quantitative estimate of drug-likeness (QED) is 0.773. The maximum atomic E-state index is 12.5. The van der Waals surface area contributed by atoms with Gasteiger partial charge >= 0.3 is 0 Å². The minimum atomic E-state index is -0.138. The van der Waals surface area contributed by atoms with Crippen LogP contribution in [0, 0.1) is 0 Å². The third-order valence-corrected chi connectivity index (χ3v) is 4.66. The molecule has 144 valence electrons. The highest BCUT2D eigenvalue weighted by atomic mass is 16.2. The summed E-state index contributed by atoms with van der Waals surface area (Å²) in [6.07, 6.45) is 0. The molecule has 0 saturated carbocycles. The Morgan fingerprint density at radius 2 is 1.59 bits per heavy atom. The van der Waals surface area contributed by atoms with Crippen molar-refractivity contribution in [2.45, 2.75) is 33.9 Å². The van der Waals surface area contributed by atoms with Crippen LogP contribution in [0.2, 0.25) is 0 Å². The standard InChI is InChI=1S/C22H29N3O2/c1-5-25(6-2)16-18-10-12-20(13-11-18)22(27)23-21-9-7-8-19(14-21)15-24(4)17(3)26/h7-14H,5-6,15-16H2,1-4H3,(H,23,27). The Kier molecular flexibility index (Phi) is 7.55. The molecule has 0 aromatic heterocycles. The summed E-state index contributed by atoms with van der Waals surface area (Å²) in [5.41, 5.74) is 3.52. The van der Waals surface area contributed by atoms with Crippen LogP contribution >= 0.6 is 0 Å². The predicted octanol–water partition coefficient (Wildman–Crippen LogP) is 3.76. The summed E-state index contributed by atoms with van der Waals surface area (Å²) < 4.78 is 0. The number of nitrogens with one attached hydrogen (secondary N) is 1. The zero-order valence-electron chi connectivity index (χ0n) is 16.7. The normalized spacial score (nSPS) is 10.7. The fraction of sp³-hybridized carbons (Fsp3) is 0.364. The monoisotopic (exact) mass is 367 g/mol. The van der Waals surface area contributed by atoms with Crippen LogP contribution in [0.1, 0.15) is 42.3 Å². The van der Waals surface area contributed by atoms with Gasteiger partial charge in [-0.1, -0.05) is 38.1 Å². The molecule has 0 spiro atoms. The Morgan fingerprint density at radius 3 is 2.19 bits per heavy atom. The van der Waals surface area contributed by atoms with Crippen molar-refractivity contribution in [3.05, 3.63) is 65.2 Å². The van der Waals surface area contributed by atoms with E-state index in [1.807, 2.05) is 48.5 Å². The van der Waals surface area contributed by atoms with Gasteiger partial charge < -0.3 is 10.2 Å². The minimum Gasteiger partial charge on any atom is -0.342 e. The number of hydrogen-bond acceptors (Lipinski definition) is 3. The van der Waals surface area contributed by atoms with E-state index in [-0.39, 0.29) is 11.8 Å². The molecule has 0 fully saturated rings. The van der Waals surface area contributed by atoms with E-state index in [0.717, 1.165) is 30.9 Å². The predicted molar refractivity (Wildman–Crippen MR) is 110 cm³/mol. The first-order chi connectivity index (χ1) is 12.9. The lowest BCUT2D eigenvalue weighted by Gasteiger charge is -2.18. The molecular weight excluding hydrogens is 338 g/mol. The van der Waals surface area contributed by atoms with E-state index < -0.39 is 0 Å². The molecule has 0 aliphatic rings. The van der Waals surface area contributed by atoms with E-state index in [1.54, 1.807) is 11.9 Å². The molecule has 5 heteroatoms. The van der Waals surface area contributed by atoms with Gasteiger partial charge in [-0.15, -0.1) is 0 Å². The summed E-state index contributed by atoms with van der Waals surface area (Å²) in [5.74, 6) is -0.129. The summed E-state index contributed by atoms with van der Waals surface area (Å²) >= 11 is 0. The molecule has 0 bridgehead atoms. The first-order valence-electron chi connectivity index (χ1n) is 9.36.